The van der Waals surface area contributed by atoms with Crippen molar-refractivity contribution in [3.8, 4) is 5.75 Å². The average molecular weight is 208 g/mol. The smallest absolute Gasteiger partial charge is 0.119 e. The van der Waals surface area contributed by atoms with Crippen LogP contribution in [0.5, 0.6) is 5.75 Å². The maximum absolute atomic E-state index is 9.76. The monoisotopic (exact) mass is 208 g/mol. The standard InChI is InChI=1S/C13H20O2/c1-10(2)9-15-12-7-5-11(6-8-12)13(3,4)14/h5-8,10,14H,9H2,1-4H3. The molecule has 0 fully saturated rings. The van der Waals surface area contributed by atoms with Gasteiger partial charge in [0, 0.05) is 0 Å². The zero-order valence-electron chi connectivity index (χ0n) is 9.95. The van der Waals surface area contributed by atoms with Crippen LogP contribution in [-0.2, 0) is 5.60 Å². The van der Waals surface area contributed by atoms with Gasteiger partial charge < -0.3 is 9.84 Å². The highest BCUT2D eigenvalue weighted by atomic mass is 16.5. The van der Waals surface area contributed by atoms with Crippen molar-refractivity contribution in [1.82, 2.24) is 0 Å². The number of hydrogen-bond acceptors (Lipinski definition) is 2. The zero-order chi connectivity index (χ0) is 11.5. The van der Waals surface area contributed by atoms with Gasteiger partial charge in [0.15, 0.2) is 0 Å². The zero-order valence-corrected chi connectivity index (χ0v) is 9.95. The lowest BCUT2D eigenvalue weighted by molar-refractivity contribution is 0.0785. The van der Waals surface area contributed by atoms with E-state index < -0.39 is 5.60 Å². The summed E-state index contributed by atoms with van der Waals surface area (Å²) < 4.78 is 5.55. The van der Waals surface area contributed by atoms with E-state index in [-0.39, 0.29) is 0 Å². The van der Waals surface area contributed by atoms with Gasteiger partial charge in [-0.05, 0) is 37.5 Å². The number of rotatable bonds is 4. The van der Waals surface area contributed by atoms with Gasteiger partial charge in [-0.1, -0.05) is 26.0 Å². The van der Waals surface area contributed by atoms with Gasteiger partial charge >= 0.3 is 0 Å². The van der Waals surface area contributed by atoms with Crippen LogP contribution in [0.25, 0.3) is 0 Å². The van der Waals surface area contributed by atoms with Crippen molar-refractivity contribution in [3.05, 3.63) is 29.8 Å². The Kier molecular flexibility index (Phi) is 3.75. The highest BCUT2D eigenvalue weighted by molar-refractivity contribution is 5.30. The molecule has 0 amide bonds. The second-order valence-corrected chi connectivity index (χ2v) is 4.79. The predicted molar refractivity (Wildman–Crippen MR) is 62.0 cm³/mol. The number of hydrogen-bond donors (Lipinski definition) is 1. The summed E-state index contributed by atoms with van der Waals surface area (Å²) >= 11 is 0. The number of benzene rings is 1. The van der Waals surface area contributed by atoms with Crippen LogP contribution in [0.2, 0.25) is 0 Å². The Bertz CT molecular complexity index is 293. The fraction of sp³-hybridized carbons (Fsp3) is 0.538. The van der Waals surface area contributed by atoms with Crippen LogP contribution in [0.3, 0.4) is 0 Å². The third-order valence-corrected chi connectivity index (χ3v) is 2.14. The predicted octanol–water partition coefficient (Wildman–Crippen LogP) is 2.95. The van der Waals surface area contributed by atoms with E-state index in [0.717, 1.165) is 17.9 Å². The van der Waals surface area contributed by atoms with Crippen molar-refractivity contribution in [2.24, 2.45) is 5.92 Å². The van der Waals surface area contributed by atoms with E-state index >= 15 is 0 Å². The SMILES string of the molecule is CC(C)COc1ccc(C(C)(C)O)cc1. The van der Waals surface area contributed by atoms with Gasteiger partial charge in [-0.25, -0.2) is 0 Å². The van der Waals surface area contributed by atoms with Gasteiger partial charge in [0.1, 0.15) is 5.75 Å². The molecular weight excluding hydrogens is 188 g/mol. The molecule has 0 aliphatic heterocycles. The van der Waals surface area contributed by atoms with Gasteiger partial charge in [-0.3, -0.25) is 0 Å². The first-order valence-corrected chi connectivity index (χ1v) is 5.35. The van der Waals surface area contributed by atoms with Gasteiger partial charge in [0.05, 0.1) is 12.2 Å². The van der Waals surface area contributed by atoms with Gasteiger partial charge in [0.2, 0.25) is 0 Å². The molecule has 0 heterocycles. The Morgan fingerprint density at radius 2 is 1.73 bits per heavy atom. The summed E-state index contributed by atoms with van der Waals surface area (Å²) in [7, 11) is 0. The molecule has 0 saturated carbocycles. The summed E-state index contributed by atoms with van der Waals surface area (Å²) in [4.78, 5) is 0. The van der Waals surface area contributed by atoms with Crippen LogP contribution in [0.15, 0.2) is 24.3 Å². The van der Waals surface area contributed by atoms with Crippen molar-refractivity contribution < 1.29 is 9.84 Å². The molecule has 84 valence electrons. The second kappa shape index (κ2) is 4.67. The number of aliphatic hydroxyl groups is 1. The number of ether oxygens (including phenoxy) is 1. The molecule has 0 aliphatic carbocycles. The van der Waals surface area contributed by atoms with Crippen LogP contribution >= 0.6 is 0 Å². The van der Waals surface area contributed by atoms with Crippen LogP contribution in [0.4, 0.5) is 0 Å². The molecule has 0 aromatic heterocycles. The summed E-state index contributed by atoms with van der Waals surface area (Å²) in [5.41, 5.74) is 0.121. The normalized spacial score (nSPS) is 11.9. The van der Waals surface area contributed by atoms with Gasteiger partial charge in [-0.2, -0.15) is 0 Å². The molecule has 2 nitrogen and oxygen atoms in total. The molecule has 2 heteroatoms. The van der Waals surface area contributed by atoms with Gasteiger partial charge in [0.25, 0.3) is 0 Å². The summed E-state index contributed by atoms with van der Waals surface area (Å²) in [5.74, 6) is 1.38. The van der Waals surface area contributed by atoms with Crippen molar-refractivity contribution in [2.45, 2.75) is 33.3 Å². The van der Waals surface area contributed by atoms with E-state index in [2.05, 4.69) is 13.8 Å². The summed E-state index contributed by atoms with van der Waals surface area (Å²) in [5, 5.41) is 9.76. The Balaban J connectivity index is 2.65. The Hall–Kier alpha value is -1.02. The molecule has 0 atom stereocenters. The average Bonchev–Trinajstić information content (AvgIpc) is 2.14. The minimum atomic E-state index is -0.781. The Morgan fingerprint density at radius 3 is 2.13 bits per heavy atom. The lowest BCUT2D eigenvalue weighted by Crippen LogP contribution is -2.15. The Morgan fingerprint density at radius 1 is 1.20 bits per heavy atom. The first kappa shape index (κ1) is 12.1. The molecule has 15 heavy (non-hydrogen) atoms. The van der Waals surface area contributed by atoms with E-state index in [1.54, 1.807) is 13.8 Å². The van der Waals surface area contributed by atoms with E-state index in [1.165, 1.54) is 0 Å². The topological polar surface area (TPSA) is 29.5 Å². The molecule has 0 unspecified atom stereocenters. The molecule has 1 aromatic carbocycles. The van der Waals surface area contributed by atoms with Crippen LogP contribution in [0, 0.1) is 5.92 Å². The molecule has 0 spiro atoms. The van der Waals surface area contributed by atoms with Crippen LogP contribution < -0.4 is 4.74 Å². The first-order chi connectivity index (χ1) is 6.89. The lowest BCUT2D eigenvalue weighted by Gasteiger charge is -2.18. The molecule has 1 aromatic rings. The fourth-order valence-electron chi connectivity index (χ4n) is 1.22. The highest BCUT2D eigenvalue weighted by Crippen LogP contribution is 2.22. The molecule has 1 N–H and O–H groups in total. The van der Waals surface area contributed by atoms with Crippen molar-refractivity contribution in [3.63, 3.8) is 0 Å². The fourth-order valence-corrected chi connectivity index (χ4v) is 1.22. The first-order valence-electron chi connectivity index (χ1n) is 5.35. The molecule has 1 rings (SSSR count). The molecule has 0 bridgehead atoms. The minimum Gasteiger partial charge on any atom is -0.493 e. The van der Waals surface area contributed by atoms with E-state index in [0.29, 0.717) is 5.92 Å². The third-order valence-electron chi connectivity index (χ3n) is 2.14. The van der Waals surface area contributed by atoms with Crippen molar-refractivity contribution in [1.29, 1.82) is 0 Å². The largest absolute Gasteiger partial charge is 0.493 e. The summed E-state index contributed by atoms with van der Waals surface area (Å²) in [6, 6.07) is 7.59. The summed E-state index contributed by atoms with van der Waals surface area (Å²) in [6.07, 6.45) is 0. The van der Waals surface area contributed by atoms with Crippen molar-refractivity contribution >= 4 is 0 Å². The van der Waals surface area contributed by atoms with E-state index in [9.17, 15) is 5.11 Å². The minimum absolute atomic E-state index is 0.527. The van der Waals surface area contributed by atoms with Crippen LogP contribution in [0.1, 0.15) is 33.3 Å². The summed E-state index contributed by atoms with van der Waals surface area (Å²) in [6.45, 7) is 8.51. The third kappa shape index (κ3) is 3.92. The van der Waals surface area contributed by atoms with Crippen molar-refractivity contribution in [2.75, 3.05) is 6.61 Å². The van der Waals surface area contributed by atoms with Gasteiger partial charge in [-0.15, -0.1) is 0 Å². The maximum atomic E-state index is 9.76. The molecule has 0 radical (unpaired) electrons. The van der Waals surface area contributed by atoms with E-state index in [1.807, 2.05) is 24.3 Å². The Labute approximate surface area is 91.9 Å². The quantitative estimate of drug-likeness (QED) is 0.824. The highest BCUT2D eigenvalue weighted by Gasteiger charge is 2.15. The lowest BCUT2D eigenvalue weighted by atomic mass is 9.99. The van der Waals surface area contributed by atoms with E-state index in [4.69, 9.17) is 4.74 Å². The van der Waals surface area contributed by atoms with Crippen LogP contribution in [-0.4, -0.2) is 11.7 Å². The molecular formula is C13H20O2. The molecule has 0 aliphatic rings. The molecule has 0 saturated heterocycles. The maximum Gasteiger partial charge on any atom is 0.119 e. The second-order valence-electron chi connectivity index (χ2n) is 4.79.